The van der Waals surface area contributed by atoms with Crippen molar-refractivity contribution in [3.63, 3.8) is 0 Å². The molecule has 144 valence electrons. The van der Waals surface area contributed by atoms with Gasteiger partial charge in [-0.05, 0) is 43.0 Å². The number of nitrogens with zero attached hydrogens (tertiary/aromatic N) is 1. The maximum Gasteiger partial charge on any atom is 0.219 e. The number of carbonyl (C=O) groups excluding carboxylic acids is 1. The third-order valence-electron chi connectivity index (χ3n) is 5.13. The van der Waals surface area contributed by atoms with Crippen LogP contribution in [0.1, 0.15) is 30.9 Å². The van der Waals surface area contributed by atoms with Crippen molar-refractivity contribution in [2.24, 2.45) is 0 Å². The third kappa shape index (κ3) is 4.69. The van der Waals surface area contributed by atoms with Crippen LogP contribution in [0.15, 0.2) is 42.5 Å². The van der Waals surface area contributed by atoms with Crippen molar-refractivity contribution in [3.05, 3.63) is 71.0 Å². The molecule has 0 unspecified atom stereocenters. The lowest BCUT2D eigenvalue weighted by atomic mass is 9.90. The van der Waals surface area contributed by atoms with Gasteiger partial charge < -0.3 is 10.2 Å². The van der Waals surface area contributed by atoms with Gasteiger partial charge in [0.2, 0.25) is 5.91 Å². The van der Waals surface area contributed by atoms with E-state index < -0.39 is 11.6 Å². The third-order valence-corrected chi connectivity index (χ3v) is 5.13. The molecule has 3 nitrogen and oxygen atoms in total. The number of benzene rings is 2. The first-order chi connectivity index (χ1) is 13.0. The second kappa shape index (κ2) is 8.57. The van der Waals surface area contributed by atoms with Gasteiger partial charge in [0.05, 0.1) is 6.04 Å². The second-order valence-electron chi connectivity index (χ2n) is 6.95. The molecule has 0 aromatic heterocycles. The first kappa shape index (κ1) is 19.4. The van der Waals surface area contributed by atoms with Crippen LogP contribution in [0.25, 0.3) is 0 Å². The molecule has 1 fully saturated rings. The summed E-state index contributed by atoms with van der Waals surface area (Å²) in [6.45, 7) is 2.37. The number of piperidine rings is 1. The van der Waals surface area contributed by atoms with Gasteiger partial charge in [0.15, 0.2) is 11.6 Å². The first-order valence-corrected chi connectivity index (χ1v) is 9.13. The molecule has 2 aromatic rings. The summed E-state index contributed by atoms with van der Waals surface area (Å²) in [4.78, 5) is 13.9. The minimum absolute atomic E-state index is 0.0226. The van der Waals surface area contributed by atoms with E-state index in [1.54, 1.807) is 18.2 Å². The zero-order valence-electron chi connectivity index (χ0n) is 15.2. The Labute approximate surface area is 157 Å². The summed E-state index contributed by atoms with van der Waals surface area (Å²) in [7, 11) is 0. The number of amides is 1. The average Bonchev–Trinajstić information content (AvgIpc) is 2.65. The largest absolute Gasteiger partial charge is 0.338 e. The van der Waals surface area contributed by atoms with E-state index in [4.69, 9.17) is 0 Å². The number of nitrogens with one attached hydrogen (secondary N) is 1. The standard InChI is InChI=1S/C21H23F3N2O/c1-14(27)26-11-3-6-19(20(26)12-15-7-9-17(22)10-8-15)25-13-16-4-2-5-18(23)21(16)24/h2,4-5,7-10,19-20,25H,3,6,11-13H2,1H3/t19-,20-/m0/s1. The molecule has 6 heteroatoms. The van der Waals surface area contributed by atoms with Crippen LogP contribution >= 0.6 is 0 Å². The highest BCUT2D eigenvalue weighted by Gasteiger charge is 2.32. The van der Waals surface area contributed by atoms with Crippen molar-refractivity contribution < 1.29 is 18.0 Å². The maximum atomic E-state index is 13.9. The summed E-state index contributed by atoms with van der Waals surface area (Å²) in [6.07, 6.45) is 2.23. The van der Waals surface area contributed by atoms with E-state index in [9.17, 15) is 18.0 Å². The molecule has 0 bridgehead atoms. The number of hydrogen-bond acceptors (Lipinski definition) is 2. The van der Waals surface area contributed by atoms with Gasteiger partial charge in [-0.1, -0.05) is 24.3 Å². The molecular formula is C21H23F3N2O. The van der Waals surface area contributed by atoms with Gasteiger partial charge in [0.25, 0.3) is 0 Å². The van der Waals surface area contributed by atoms with Gasteiger partial charge in [-0.25, -0.2) is 13.2 Å². The molecule has 1 aliphatic heterocycles. The fraction of sp³-hybridized carbons (Fsp3) is 0.381. The predicted molar refractivity (Wildman–Crippen MR) is 97.5 cm³/mol. The molecule has 0 aliphatic carbocycles. The SMILES string of the molecule is CC(=O)N1CCC[C@H](NCc2cccc(F)c2F)[C@@H]1Cc1ccc(F)cc1. The Bertz CT molecular complexity index is 795. The molecule has 27 heavy (non-hydrogen) atoms. The number of carbonyl (C=O) groups is 1. The van der Waals surface area contributed by atoms with Crippen LogP contribution in [0.4, 0.5) is 13.2 Å². The van der Waals surface area contributed by atoms with E-state index in [-0.39, 0.29) is 35.9 Å². The average molecular weight is 376 g/mol. The van der Waals surface area contributed by atoms with E-state index in [1.807, 2.05) is 4.90 Å². The van der Waals surface area contributed by atoms with Crippen LogP contribution in [0, 0.1) is 17.5 Å². The molecule has 1 heterocycles. The first-order valence-electron chi connectivity index (χ1n) is 9.13. The Morgan fingerprint density at radius 1 is 1.15 bits per heavy atom. The van der Waals surface area contributed by atoms with Gasteiger partial charge in [-0.15, -0.1) is 0 Å². The summed E-state index contributed by atoms with van der Waals surface area (Å²) in [6, 6.07) is 10.2. The van der Waals surface area contributed by atoms with Crippen molar-refractivity contribution in [1.82, 2.24) is 10.2 Å². The van der Waals surface area contributed by atoms with Crippen LogP contribution in [-0.2, 0) is 17.8 Å². The zero-order chi connectivity index (χ0) is 19.4. The number of likely N-dealkylation sites (tertiary alicyclic amines) is 1. The Kier molecular flexibility index (Phi) is 6.16. The highest BCUT2D eigenvalue weighted by molar-refractivity contribution is 5.73. The zero-order valence-corrected chi connectivity index (χ0v) is 15.2. The topological polar surface area (TPSA) is 32.3 Å². The fourth-order valence-electron chi connectivity index (χ4n) is 3.73. The lowest BCUT2D eigenvalue weighted by molar-refractivity contribution is -0.133. The second-order valence-corrected chi connectivity index (χ2v) is 6.95. The summed E-state index contributed by atoms with van der Waals surface area (Å²) in [5.41, 5.74) is 1.19. The highest BCUT2D eigenvalue weighted by atomic mass is 19.2. The van der Waals surface area contributed by atoms with Crippen LogP contribution < -0.4 is 5.32 Å². The smallest absolute Gasteiger partial charge is 0.219 e. The summed E-state index contributed by atoms with van der Waals surface area (Å²) in [5, 5.41) is 3.30. The molecular weight excluding hydrogens is 353 g/mol. The minimum Gasteiger partial charge on any atom is -0.338 e. The molecule has 1 N–H and O–H groups in total. The van der Waals surface area contributed by atoms with Gasteiger partial charge >= 0.3 is 0 Å². The van der Waals surface area contributed by atoms with Gasteiger partial charge in [0.1, 0.15) is 5.82 Å². The van der Waals surface area contributed by atoms with Crippen LogP contribution in [0.5, 0.6) is 0 Å². The van der Waals surface area contributed by atoms with E-state index in [0.29, 0.717) is 13.0 Å². The molecule has 1 aliphatic rings. The summed E-state index contributed by atoms with van der Waals surface area (Å²) in [5.74, 6) is -2.04. The normalized spacial score (nSPS) is 19.9. The van der Waals surface area contributed by atoms with E-state index in [2.05, 4.69) is 5.32 Å². The van der Waals surface area contributed by atoms with Crippen LogP contribution in [-0.4, -0.2) is 29.4 Å². The van der Waals surface area contributed by atoms with Crippen molar-refractivity contribution >= 4 is 5.91 Å². The Morgan fingerprint density at radius 2 is 1.89 bits per heavy atom. The molecule has 3 rings (SSSR count). The van der Waals surface area contributed by atoms with Crippen LogP contribution in [0.3, 0.4) is 0 Å². The predicted octanol–water partition coefficient (Wildman–Crippen LogP) is 3.82. The van der Waals surface area contributed by atoms with E-state index in [0.717, 1.165) is 24.5 Å². The maximum absolute atomic E-state index is 13.9. The molecule has 2 aromatic carbocycles. The van der Waals surface area contributed by atoms with Crippen molar-refractivity contribution in [1.29, 1.82) is 0 Å². The van der Waals surface area contributed by atoms with Gasteiger partial charge in [-0.3, -0.25) is 4.79 Å². The van der Waals surface area contributed by atoms with E-state index in [1.165, 1.54) is 25.1 Å². The molecule has 0 radical (unpaired) electrons. The molecule has 0 spiro atoms. The number of hydrogen-bond donors (Lipinski definition) is 1. The Hall–Kier alpha value is -2.34. The van der Waals surface area contributed by atoms with Crippen LogP contribution in [0.2, 0.25) is 0 Å². The Morgan fingerprint density at radius 3 is 2.59 bits per heavy atom. The number of rotatable bonds is 5. The highest BCUT2D eigenvalue weighted by Crippen LogP contribution is 2.23. The monoisotopic (exact) mass is 376 g/mol. The molecule has 1 amide bonds. The summed E-state index contributed by atoms with van der Waals surface area (Å²) < 4.78 is 40.5. The lowest BCUT2D eigenvalue weighted by Crippen LogP contribution is -2.56. The number of halogens is 3. The fourth-order valence-corrected chi connectivity index (χ4v) is 3.73. The minimum atomic E-state index is -0.869. The van der Waals surface area contributed by atoms with Gasteiger partial charge in [0, 0.05) is 31.6 Å². The molecule has 1 saturated heterocycles. The lowest BCUT2D eigenvalue weighted by Gasteiger charge is -2.41. The van der Waals surface area contributed by atoms with Gasteiger partial charge in [-0.2, -0.15) is 0 Å². The van der Waals surface area contributed by atoms with E-state index >= 15 is 0 Å². The van der Waals surface area contributed by atoms with Crippen molar-refractivity contribution in [2.45, 2.75) is 44.8 Å². The molecule has 0 saturated carbocycles. The Balaban J connectivity index is 1.76. The quantitative estimate of drug-likeness (QED) is 0.861. The van der Waals surface area contributed by atoms with Crippen molar-refractivity contribution in [2.75, 3.05) is 6.54 Å². The summed E-state index contributed by atoms with van der Waals surface area (Å²) >= 11 is 0. The van der Waals surface area contributed by atoms with Crippen molar-refractivity contribution in [3.8, 4) is 0 Å². The molecule has 2 atom stereocenters.